The Balaban J connectivity index is 3.51. The average Bonchev–Trinajstić information content (AvgIpc) is 2.05. The molecule has 0 aliphatic rings. The fraction of sp³-hybridized carbons (Fsp3) is 1.00. The lowest BCUT2D eigenvalue weighted by molar-refractivity contribution is 0.270. The highest BCUT2D eigenvalue weighted by Gasteiger charge is 2.17. The van der Waals surface area contributed by atoms with Crippen molar-refractivity contribution in [1.82, 2.24) is 5.32 Å². The van der Waals surface area contributed by atoms with Gasteiger partial charge in [0, 0.05) is 0 Å². The first-order valence-corrected chi connectivity index (χ1v) is 4.89. The molecule has 0 amide bonds. The van der Waals surface area contributed by atoms with E-state index in [4.69, 9.17) is 0 Å². The summed E-state index contributed by atoms with van der Waals surface area (Å²) in [5, 5.41) is 3.37. The largest absolute Gasteiger partial charge is 0.317 e. The maximum atomic E-state index is 3.37. The van der Waals surface area contributed by atoms with E-state index in [-0.39, 0.29) is 0 Å². The molecule has 0 spiro atoms. The summed E-state index contributed by atoms with van der Waals surface area (Å²) in [6, 6.07) is 0. The zero-order valence-corrected chi connectivity index (χ0v) is 8.54. The lowest BCUT2D eigenvalue weighted by Crippen LogP contribution is -2.23. The van der Waals surface area contributed by atoms with Crippen molar-refractivity contribution >= 4 is 0 Å². The van der Waals surface area contributed by atoms with Crippen LogP contribution < -0.4 is 5.32 Å². The van der Waals surface area contributed by atoms with Crippen LogP contribution in [0.15, 0.2) is 0 Å². The molecule has 0 heterocycles. The van der Waals surface area contributed by atoms with Crippen molar-refractivity contribution in [3.63, 3.8) is 0 Å². The Bertz CT molecular complexity index is 84.9. The second kappa shape index (κ2) is 5.59. The number of hydrogen-bond donors (Lipinski definition) is 1. The molecule has 0 aliphatic heterocycles. The number of nitrogens with one attached hydrogen (secondary N) is 1. The molecule has 0 aromatic rings. The molecule has 1 N–H and O–H groups in total. The van der Waals surface area contributed by atoms with Crippen LogP contribution >= 0.6 is 0 Å². The number of hydrogen-bond acceptors (Lipinski definition) is 1. The average molecular weight is 157 g/mol. The summed E-state index contributed by atoms with van der Waals surface area (Å²) in [4.78, 5) is 0. The van der Waals surface area contributed by atoms with Crippen molar-refractivity contribution in [2.24, 2.45) is 5.41 Å². The summed E-state index contributed by atoms with van der Waals surface area (Å²) in [6.45, 7) is 11.4. The van der Waals surface area contributed by atoms with Crippen LogP contribution in [-0.4, -0.2) is 13.1 Å². The van der Waals surface area contributed by atoms with Gasteiger partial charge in [-0.1, -0.05) is 40.5 Å². The maximum Gasteiger partial charge on any atom is -0.00438 e. The molecular weight excluding hydrogens is 134 g/mol. The third-order valence-electron chi connectivity index (χ3n) is 2.86. The summed E-state index contributed by atoms with van der Waals surface area (Å²) in [6.07, 6.45) is 3.91. The molecule has 0 fully saturated rings. The van der Waals surface area contributed by atoms with Crippen molar-refractivity contribution < 1.29 is 0 Å². The normalized spacial score (nSPS) is 12.0. The van der Waals surface area contributed by atoms with Crippen LogP contribution in [0.25, 0.3) is 0 Å². The first kappa shape index (κ1) is 11.0. The van der Waals surface area contributed by atoms with Crippen LogP contribution in [0.1, 0.15) is 47.0 Å². The Morgan fingerprint density at radius 3 is 2.00 bits per heavy atom. The van der Waals surface area contributed by atoms with E-state index in [9.17, 15) is 0 Å². The van der Waals surface area contributed by atoms with Gasteiger partial charge in [0.05, 0.1) is 0 Å². The standard InChI is InChI=1S/C10H23N/c1-5-10(4,6-2)8-9-11-7-3/h11H,5-9H2,1-4H3. The summed E-state index contributed by atoms with van der Waals surface area (Å²) >= 11 is 0. The molecule has 0 saturated carbocycles. The molecule has 0 radical (unpaired) electrons. The molecule has 0 bridgehead atoms. The highest BCUT2D eigenvalue weighted by molar-refractivity contribution is 4.71. The summed E-state index contributed by atoms with van der Waals surface area (Å²) in [5.74, 6) is 0. The molecule has 68 valence electrons. The Morgan fingerprint density at radius 1 is 1.09 bits per heavy atom. The van der Waals surface area contributed by atoms with Crippen LogP contribution in [0.2, 0.25) is 0 Å². The second-order valence-corrected chi connectivity index (χ2v) is 3.62. The fourth-order valence-electron chi connectivity index (χ4n) is 1.17. The van der Waals surface area contributed by atoms with Crippen LogP contribution in [0, 0.1) is 5.41 Å². The predicted molar refractivity (Wildman–Crippen MR) is 51.8 cm³/mol. The van der Waals surface area contributed by atoms with Gasteiger partial charge in [-0.15, -0.1) is 0 Å². The monoisotopic (exact) mass is 157 g/mol. The first-order valence-electron chi connectivity index (χ1n) is 4.89. The van der Waals surface area contributed by atoms with Gasteiger partial charge in [-0.2, -0.15) is 0 Å². The van der Waals surface area contributed by atoms with E-state index < -0.39 is 0 Å². The number of rotatable bonds is 6. The smallest absolute Gasteiger partial charge is 0.00438 e. The molecular formula is C10H23N. The van der Waals surface area contributed by atoms with Crippen molar-refractivity contribution in [1.29, 1.82) is 0 Å². The molecule has 0 aliphatic carbocycles. The first-order chi connectivity index (χ1) is 5.18. The lowest BCUT2D eigenvalue weighted by atomic mass is 9.81. The van der Waals surface area contributed by atoms with Gasteiger partial charge >= 0.3 is 0 Å². The quantitative estimate of drug-likeness (QED) is 0.585. The molecule has 0 unspecified atom stereocenters. The van der Waals surface area contributed by atoms with Gasteiger partial charge in [0.1, 0.15) is 0 Å². The Labute approximate surface area is 71.6 Å². The molecule has 11 heavy (non-hydrogen) atoms. The van der Waals surface area contributed by atoms with Gasteiger partial charge in [0.15, 0.2) is 0 Å². The summed E-state index contributed by atoms with van der Waals surface area (Å²) in [7, 11) is 0. The SMILES string of the molecule is CCNCCC(C)(CC)CC. The minimum atomic E-state index is 0.572. The molecule has 0 saturated heterocycles. The highest BCUT2D eigenvalue weighted by Crippen LogP contribution is 2.28. The van der Waals surface area contributed by atoms with E-state index in [1.54, 1.807) is 0 Å². The van der Waals surface area contributed by atoms with E-state index in [0.29, 0.717) is 5.41 Å². The minimum Gasteiger partial charge on any atom is -0.317 e. The summed E-state index contributed by atoms with van der Waals surface area (Å²) in [5.41, 5.74) is 0.572. The van der Waals surface area contributed by atoms with Gasteiger partial charge in [0.25, 0.3) is 0 Å². The zero-order chi connectivity index (χ0) is 8.74. The summed E-state index contributed by atoms with van der Waals surface area (Å²) < 4.78 is 0. The minimum absolute atomic E-state index is 0.572. The van der Waals surface area contributed by atoms with E-state index in [2.05, 4.69) is 33.0 Å². The van der Waals surface area contributed by atoms with Crippen molar-refractivity contribution in [3.05, 3.63) is 0 Å². The van der Waals surface area contributed by atoms with Gasteiger partial charge < -0.3 is 5.32 Å². The van der Waals surface area contributed by atoms with Crippen LogP contribution in [0.5, 0.6) is 0 Å². The maximum absolute atomic E-state index is 3.37. The third-order valence-corrected chi connectivity index (χ3v) is 2.86. The topological polar surface area (TPSA) is 12.0 Å². The van der Waals surface area contributed by atoms with E-state index >= 15 is 0 Å². The van der Waals surface area contributed by atoms with Gasteiger partial charge in [0.2, 0.25) is 0 Å². The zero-order valence-electron chi connectivity index (χ0n) is 8.54. The Morgan fingerprint density at radius 2 is 1.64 bits per heavy atom. The second-order valence-electron chi connectivity index (χ2n) is 3.62. The molecule has 0 rings (SSSR count). The van der Waals surface area contributed by atoms with Gasteiger partial charge in [-0.3, -0.25) is 0 Å². The van der Waals surface area contributed by atoms with Gasteiger partial charge in [-0.05, 0) is 24.9 Å². The van der Waals surface area contributed by atoms with E-state index in [1.807, 2.05) is 0 Å². The van der Waals surface area contributed by atoms with Crippen molar-refractivity contribution in [2.45, 2.75) is 47.0 Å². The lowest BCUT2D eigenvalue weighted by Gasteiger charge is -2.26. The van der Waals surface area contributed by atoms with E-state index in [1.165, 1.54) is 25.8 Å². The molecule has 1 heteroatoms. The molecule has 0 aromatic heterocycles. The molecule has 0 aromatic carbocycles. The van der Waals surface area contributed by atoms with Crippen molar-refractivity contribution in [2.75, 3.05) is 13.1 Å². The van der Waals surface area contributed by atoms with Crippen LogP contribution in [-0.2, 0) is 0 Å². The van der Waals surface area contributed by atoms with Crippen molar-refractivity contribution in [3.8, 4) is 0 Å². The Hall–Kier alpha value is -0.0400. The van der Waals surface area contributed by atoms with E-state index in [0.717, 1.165) is 6.54 Å². The van der Waals surface area contributed by atoms with Crippen LogP contribution in [0.3, 0.4) is 0 Å². The predicted octanol–water partition coefficient (Wildman–Crippen LogP) is 2.81. The fourth-order valence-corrected chi connectivity index (χ4v) is 1.17. The van der Waals surface area contributed by atoms with Crippen LogP contribution in [0.4, 0.5) is 0 Å². The highest BCUT2D eigenvalue weighted by atomic mass is 14.8. The molecule has 1 nitrogen and oxygen atoms in total. The molecule has 0 atom stereocenters. The van der Waals surface area contributed by atoms with Gasteiger partial charge in [-0.25, -0.2) is 0 Å². The third kappa shape index (κ3) is 4.41. The Kier molecular flexibility index (Phi) is 5.57.